The Kier molecular flexibility index (Phi) is 6.27. The molecule has 1 aliphatic rings. The number of nitrogens with one attached hydrogen (secondary N) is 3. The Morgan fingerprint density at radius 1 is 1.15 bits per heavy atom. The van der Waals surface area contributed by atoms with E-state index in [0.717, 1.165) is 19.3 Å². The van der Waals surface area contributed by atoms with Crippen molar-refractivity contribution in [3.8, 4) is 0 Å². The van der Waals surface area contributed by atoms with Crippen LogP contribution in [-0.2, 0) is 9.59 Å². The van der Waals surface area contributed by atoms with E-state index in [9.17, 15) is 14.4 Å². The van der Waals surface area contributed by atoms with Crippen molar-refractivity contribution in [2.24, 2.45) is 5.41 Å². The van der Waals surface area contributed by atoms with Crippen molar-refractivity contribution in [1.29, 1.82) is 0 Å². The van der Waals surface area contributed by atoms with Crippen molar-refractivity contribution in [3.05, 3.63) is 0 Å². The first-order chi connectivity index (χ1) is 9.50. The summed E-state index contributed by atoms with van der Waals surface area (Å²) in [6.45, 7) is 3.09. The van der Waals surface area contributed by atoms with Crippen LogP contribution in [0.5, 0.6) is 0 Å². The highest BCUT2D eigenvalue weighted by Gasteiger charge is 2.43. The maximum atomic E-state index is 11.9. The summed E-state index contributed by atoms with van der Waals surface area (Å²) in [5, 5.41) is 16.5. The van der Waals surface area contributed by atoms with E-state index in [0.29, 0.717) is 26.1 Å². The normalized spacial score (nSPS) is 15.8. The zero-order chi connectivity index (χ0) is 15.0. The quantitative estimate of drug-likeness (QED) is 0.486. The molecule has 0 aromatic rings. The minimum atomic E-state index is -0.878. The lowest BCUT2D eigenvalue weighted by Crippen LogP contribution is -2.53. The second-order valence-corrected chi connectivity index (χ2v) is 5.10. The summed E-state index contributed by atoms with van der Waals surface area (Å²) in [5.74, 6) is -0.880. The number of hydrogen-bond donors (Lipinski definition) is 4. The molecule has 4 N–H and O–H groups in total. The summed E-state index contributed by atoms with van der Waals surface area (Å²) in [4.78, 5) is 33.8. The molecule has 3 amide bonds. The number of urea groups is 1. The van der Waals surface area contributed by atoms with Crippen LogP contribution in [0.1, 0.15) is 39.0 Å². The average molecular weight is 285 g/mol. The van der Waals surface area contributed by atoms with Gasteiger partial charge in [-0.3, -0.25) is 9.59 Å². The molecular formula is C13H23N3O4. The van der Waals surface area contributed by atoms with Gasteiger partial charge >= 0.3 is 12.0 Å². The number of amides is 3. The zero-order valence-electron chi connectivity index (χ0n) is 11.8. The smallest absolute Gasteiger partial charge is 0.314 e. The highest BCUT2D eigenvalue weighted by atomic mass is 16.4. The molecule has 0 saturated heterocycles. The van der Waals surface area contributed by atoms with Gasteiger partial charge in [0.2, 0.25) is 5.91 Å². The first-order valence-corrected chi connectivity index (χ1v) is 7.02. The van der Waals surface area contributed by atoms with Crippen molar-refractivity contribution >= 4 is 17.9 Å². The molecule has 0 aromatic heterocycles. The first kappa shape index (κ1) is 16.3. The molecule has 114 valence electrons. The number of rotatable bonds is 8. The van der Waals surface area contributed by atoms with Gasteiger partial charge in [0.25, 0.3) is 0 Å². The minimum Gasteiger partial charge on any atom is -0.481 e. The van der Waals surface area contributed by atoms with Gasteiger partial charge in [-0.25, -0.2) is 4.79 Å². The van der Waals surface area contributed by atoms with Crippen LogP contribution in [0.3, 0.4) is 0 Å². The predicted octanol–water partition coefficient (Wildman–Crippen LogP) is 0.457. The van der Waals surface area contributed by atoms with E-state index in [1.165, 1.54) is 0 Å². The highest BCUT2D eigenvalue weighted by Crippen LogP contribution is 2.40. The van der Waals surface area contributed by atoms with Crippen molar-refractivity contribution in [1.82, 2.24) is 16.0 Å². The lowest BCUT2D eigenvalue weighted by molar-refractivity contribution is -0.137. The third-order valence-corrected chi connectivity index (χ3v) is 3.57. The molecule has 0 spiro atoms. The summed E-state index contributed by atoms with van der Waals surface area (Å²) >= 11 is 0. The molecule has 20 heavy (non-hydrogen) atoms. The van der Waals surface area contributed by atoms with E-state index >= 15 is 0 Å². The van der Waals surface area contributed by atoms with Crippen LogP contribution in [0.4, 0.5) is 4.79 Å². The number of carboxylic acid groups (broad SMARTS) is 1. The molecule has 1 fully saturated rings. The van der Waals surface area contributed by atoms with Crippen LogP contribution in [0.15, 0.2) is 0 Å². The van der Waals surface area contributed by atoms with Crippen molar-refractivity contribution < 1.29 is 19.5 Å². The predicted molar refractivity (Wildman–Crippen MR) is 73.2 cm³/mol. The molecule has 7 heteroatoms. The van der Waals surface area contributed by atoms with Gasteiger partial charge in [0.1, 0.15) is 0 Å². The van der Waals surface area contributed by atoms with Crippen LogP contribution >= 0.6 is 0 Å². The zero-order valence-corrected chi connectivity index (χ0v) is 11.8. The van der Waals surface area contributed by atoms with Gasteiger partial charge in [0.15, 0.2) is 0 Å². The second kappa shape index (κ2) is 7.72. The second-order valence-electron chi connectivity index (χ2n) is 5.10. The third-order valence-electron chi connectivity index (χ3n) is 3.57. The van der Waals surface area contributed by atoms with E-state index < -0.39 is 11.4 Å². The van der Waals surface area contributed by atoms with Crippen LogP contribution < -0.4 is 16.0 Å². The van der Waals surface area contributed by atoms with Crippen LogP contribution in [0.2, 0.25) is 0 Å². The maximum absolute atomic E-state index is 11.9. The van der Waals surface area contributed by atoms with Crippen molar-refractivity contribution in [2.45, 2.75) is 39.0 Å². The topological polar surface area (TPSA) is 108 Å². The van der Waals surface area contributed by atoms with E-state index in [2.05, 4.69) is 16.0 Å². The molecule has 1 saturated carbocycles. The molecule has 1 rings (SSSR count). The standard InChI is InChI=1S/C13H23N3O4/c1-2-14-11(19)13(6-4-7-13)9-16-12(20)15-8-3-5-10(17)18/h2-9H2,1H3,(H,14,19)(H,17,18)(H2,15,16,20). The van der Waals surface area contributed by atoms with Gasteiger partial charge in [0, 0.05) is 26.1 Å². The molecule has 0 bridgehead atoms. The van der Waals surface area contributed by atoms with E-state index in [1.807, 2.05) is 6.92 Å². The molecule has 0 aromatic carbocycles. The average Bonchev–Trinajstić information content (AvgIpc) is 2.33. The summed E-state index contributed by atoms with van der Waals surface area (Å²) in [6.07, 6.45) is 3.00. The monoisotopic (exact) mass is 285 g/mol. The van der Waals surface area contributed by atoms with Crippen molar-refractivity contribution in [2.75, 3.05) is 19.6 Å². The fourth-order valence-electron chi connectivity index (χ4n) is 2.19. The summed E-state index contributed by atoms with van der Waals surface area (Å²) in [7, 11) is 0. The van der Waals surface area contributed by atoms with Crippen LogP contribution in [0.25, 0.3) is 0 Å². The Morgan fingerprint density at radius 2 is 1.85 bits per heavy atom. The third kappa shape index (κ3) is 4.71. The molecule has 0 heterocycles. The van der Waals surface area contributed by atoms with E-state index in [4.69, 9.17) is 5.11 Å². The lowest BCUT2D eigenvalue weighted by Gasteiger charge is -2.40. The van der Waals surface area contributed by atoms with Gasteiger partial charge in [-0.1, -0.05) is 6.42 Å². The van der Waals surface area contributed by atoms with Gasteiger partial charge < -0.3 is 21.1 Å². The number of carbonyl (C=O) groups excluding carboxylic acids is 2. The van der Waals surface area contributed by atoms with Crippen LogP contribution in [-0.4, -0.2) is 42.6 Å². The number of hydrogen-bond acceptors (Lipinski definition) is 3. The Labute approximate surface area is 118 Å². The summed E-state index contributed by atoms with van der Waals surface area (Å²) < 4.78 is 0. The van der Waals surface area contributed by atoms with Crippen molar-refractivity contribution in [3.63, 3.8) is 0 Å². The van der Waals surface area contributed by atoms with Gasteiger partial charge in [-0.05, 0) is 26.2 Å². The Balaban J connectivity index is 2.25. The van der Waals surface area contributed by atoms with E-state index in [-0.39, 0.29) is 18.4 Å². The Morgan fingerprint density at radius 3 is 2.35 bits per heavy atom. The molecule has 0 unspecified atom stereocenters. The largest absolute Gasteiger partial charge is 0.481 e. The molecule has 0 aliphatic heterocycles. The van der Waals surface area contributed by atoms with Gasteiger partial charge in [0.05, 0.1) is 5.41 Å². The maximum Gasteiger partial charge on any atom is 0.314 e. The van der Waals surface area contributed by atoms with Gasteiger partial charge in [-0.15, -0.1) is 0 Å². The Bertz CT molecular complexity index is 367. The molecule has 7 nitrogen and oxygen atoms in total. The fraction of sp³-hybridized carbons (Fsp3) is 0.769. The molecular weight excluding hydrogens is 262 g/mol. The van der Waals surface area contributed by atoms with Gasteiger partial charge in [-0.2, -0.15) is 0 Å². The first-order valence-electron chi connectivity index (χ1n) is 7.02. The number of carbonyl (C=O) groups is 3. The lowest BCUT2D eigenvalue weighted by atomic mass is 9.68. The summed E-state index contributed by atoms with van der Waals surface area (Å²) in [6, 6.07) is -0.356. The number of aliphatic carboxylic acids is 1. The summed E-state index contributed by atoms with van der Waals surface area (Å²) in [5.41, 5.74) is -0.464. The molecule has 0 atom stereocenters. The minimum absolute atomic E-state index is 0.00238. The molecule has 0 radical (unpaired) electrons. The SMILES string of the molecule is CCNC(=O)C1(CNC(=O)NCCCC(=O)O)CCC1. The fourth-order valence-corrected chi connectivity index (χ4v) is 2.19. The Hall–Kier alpha value is -1.79. The number of carboxylic acids is 1. The highest BCUT2D eigenvalue weighted by molar-refractivity contribution is 5.84. The van der Waals surface area contributed by atoms with Crippen LogP contribution in [0, 0.1) is 5.41 Å². The van der Waals surface area contributed by atoms with E-state index in [1.54, 1.807) is 0 Å². The molecule has 1 aliphatic carbocycles.